The normalized spacial score (nSPS) is 29.2. The van der Waals surface area contributed by atoms with Gasteiger partial charge in [-0.1, -0.05) is 37.1 Å². The lowest BCUT2D eigenvalue weighted by Gasteiger charge is -2.43. The molecule has 1 aliphatic carbocycles. The molecule has 0 saturated heterocycles. The maximum atomic E-state index is 10.7. The number of hydrogen-bond donors (Lipinski definition) is 2. The summed E-state index contributed by atoms with van der Waals surface area (Å²) in [6, 6.07) is 7.50. The summed E-state index contributed by atoms with van der Waals surface area (Å²) < 4.78 is 0. The molecule has 2 rings (SSSR count). The van der Waals surface area contributed by atoms with E-state index < -0.39 is 6.10 Å². The minimum absolute atomic E-state index is 0.153. The lowest BCUT2D eigenvalue weighted by Crippen LogP contribution is -2.40. The highest BCUT2D eigenvalue weighted by Crippen LogP contribution is 2.47. The molecule has 0 spiro atoms. The van der Waals surface area contributed by atoms with Gasteiger partial charge in [0.1, 0.15) is 0 Å². The number of benzene rings is 1. The maximum Gasteiger partial charge on any atom is 0.0858 e. The molecule has 0 radical (unpaired) electrons. The van der Waals surface area contributed by atoms with Crippen molar-refractivity contribution in [3.8, 4) is 0 Å². The Morgan fingerprint density at radius 2 is 1.89 bits per heavy atom. The molecule has 0 aromatic heterocycles. The third-order valence-electron chi connectivity index (χ3n) is 4.85. The number of rotatable bonds is 4. The van der Waals surface area contributed by atoms with Crippen LogP contribution in [-0.2, 0) is 0 Å². The van der Waals surface area contributed by atoms with Crippen molar-refractivity contribution >= 4 is 11.6 Å². The molecule has 1 atom stereocenters. The van der Waals surface area contributed by atoms with Crippen LogP contribution in [-0.4, -0.2) is 11.7 Å². The second kappa shape index (κ2) is 6.25. The van der Waals surface area contributed by atoms with Crippen LogP contribution in [0.25, 0.3) is 0 Å². The van der Waals surface area contributed by atoms with Gasteiger partial charge in [-0.05, 0) is 49.3 Å². The molecular weight excluding hydrogens is 258 g/mol. The molecule has 2 nitrogen and oxygen atoms in total. The van der Waals surface area contributed by atoms with Crippen molar-refractivity contribution in [1.29, 1.82) is 0 Å². The lowest BCUT2D eigenvalue weighted by molar-refractivity contribution is -0.0103. The number of nitrogens with two attached hydrogens (primary N) is 1. The fourth-order valence-electron chi connectivity index (χ4n) is 3.25. The maximum absolute atomic E-state index is 10.7. The number of aliphatic hydroxyl groups is 1. The SMILES string of the molecule is CCC1CCC(CN)(C(O)c2ccc(Cl)cc2)CC1. The molecule has 1 fully saturated rings. The molecule has 1 unspecified atom stereocenters. The van der Waals surface area contributed by atoms with Crippen molar-refractivity contribution in [1.82, 2.24) is 0 Å². The van der Waals surface area contributed by atoms with Gasteiger partial charge in [-0.3, -0.25) is 0 Å². The zero-order valence-corrected chi connectivity index (χ0v) is 12.4. The van der Waals surface area contributed by atoms with Crippen molar-refractivity contribution < 1.29 is 5.11 Å². The van der Waals surface area contributed by atoms with Crippen LogP contribution >= 0.6 is 11.6 Å². The third-order valence-corrected chi connectivity index (χ3v) is 5.10. The highest BCUT2D eigenvalue weighted by molar-refractivity contribution is 6.30. The van der Waals surface area contributed by atoms with Gasteiger partial charge in [0.25, 0.3) is 0 Å². The lowest BCUT2D eigenvalue weighted by atomic mass is 9.65. The van der Waals surface area contributed by atoms with Gasteiger partial charge in [-0.15, -0.1) is 0 Å². The first-order valence-electron chi connectivity index (χ1n) is 7.25. The summed E-state index contributed by atoms with van der Waals surface area (Å²) in [5.74, 6) is 0.803. The number of aliphatic hydroxyl groups excluding tert-OH is 1. The molecule has 106 valence electrons. The molecule has 1 aromatic rings. The Kier molecular flexibility index (Phi) is 4.88. The van der Waals surface area contributed by atoms with E-state index in [2.05, 4.69) is 6.92 Å². The van der Waals surface area contributed by atoms with Gasteiger partial charge >= 0.3 is 0 Å². The Bertz CT molecular complexity index is 396. The fraction of sp³-hybridized carbons (Fsp3) is 0.625. The first-order valence-corrected chi connectivity index (χ1v) is 7.62. The van der Waals surface area contributed by atoms with Crippen LogP contribution < -0.4 is 5.73 Å². The topological polar surface area (TPSA) is 46.2 Å². The summed E-state index contributed by atoms with van der Waals surface area (Å²) in [5.41, 5.74) is 6.79. The van der Waals surface area contributed by atoms with Gasteiger partial charge in [0.15, 0.2) is 0 Å². The second-order valence-electron chi connectivity index (χ2n) is 5.87. The summed E-state index contributed by atoms with van der Waals surface area (Å²) in [4.78, 5) is 0. The van der Waals surface area contributed by atoms with E-state index in [0.717, 1.165) is 24.3 Å². The minimum Gasteiger partial charge on any atom is -0.388 e. The molecule has 0 amide bonds. The third kappa shape index (κ3) is 3.13. The molecule has 1 aromatic carbocycles. The molecule has 19 heavy (non-hydrogen) atoms. The Hall–Kier alpha value is -0.570. The van der Waals surface area contributed by atoms with E-state index >= 15 is 0 Å². The molecule has 0 aliphatic heterocycles. The van der Waals surface area contributed by atoms with Crippen LogP contribution in [0.3, 0.4) is 0 Å². The van der Waals surface area contributed by atoms with E-state index in [1.807, 2.05) is 24.3 Å². The summed E-state index contributed by atoms with van der Waals surface area (Å²) >= 11 is 5.90. The standard InChI is InChI=1S/C16H24ClNO/c1-2-12-7-9-16(11-18,10-8-12)15(19)13-3-5-14(17)6-4-13/h3-6,12,15,19H,2,7-11,18H2,1H3. The highest BCUT2D eigenvalue weighted by Gasteiger charge is 2.40. The van der Waals surface area contributed by atoms with Crippen LogP contribution in [0.1, 0.15) is 50.7 Å². The molecule has 0 heterocycles. The van der Waals surface area contributed by atoms with Crippen molar-refractivity contribution in [3.63, 3.8) is 0 Å². The van der Waals surface area contributed by atoms with Crippen LogP contribution in [0.2, 0.25) is 5.02 Å². The van der Waals surface area contributed by atoms with Crippen LogP contribution in [0, 0.1) is 11.3 Å². The largest absolute Gasteiger partial charge is 0.388 e. The van der Waals surface area contributed by atoms with Gasteiger partial charge in [0.05, 0.1) is 6.10 Å². The average molecular weight is 282 g/mol. The van der Waals surface area contributed by atoms with Gasteiger partial charge in [-0.2, -0.15) is 0 Å². The van der Waals surface area contributed by atoms with E-state index in [1.54, 1.807) is 0 Å². The summed E-state index contributed by atoms with van der Waals surface area (Å²) in [7, 11) is 0. The molecular formula is C16H24ClNO. The second-order valence-corrected chi connectivity index (χ2v) is 6.31. The van der Waals surface area contributed by atoms with Gasteiger partial charge in [-0.25, -0.2) is 0 Å². The Balaban J connectivity index is 2.15. The predicted molar refractivity (Wildman–Crippen MR) is 80.1 cm³/mol. The molecule has 1 aliphatic rings. The summed E-state index contributed by atoms with van der Waals surface area (Å²) in [5, 5.41) is 11.4. The zero-order chi connectivity index (χ0) is 13.9. The smallest absolute Gasteiger partial charge is 0.0858 e. The first kappa shape index (κ1) is 14.8. The van der Waals surface area contributed by atoms with Crippen molar-refractivity contribution in [3.05, 3.63) is 34.9 Å². The molecule has 3 heteroatoms. The van der Waals surface area contributed by atoms with Gasteiger partial charge < -0.3 is 10.8 Å². The van der Waals surface area contributed by atoms with Crippen LogP contribution in [0.15, 0.2) is 24.3 Å². The van der Waals surface area contributed by atoms with E-state index in [-0.39, 0.29) is 5.41 Å². The fourth-order valence-corrected chi connectivity index (χ4v) is 3.37. The number of hydrogen-bond acceptors (Lipinski definition) is 2. The summed E-state index contributed by atoms with van der Waals surface area (Å²) in [6.07, 6.45) is 5.15. The zero-order valence-electron chi connectivity index (χ0n) is 11.6. The summed E-state index contributed by atoms with van der Waals surface area (Å²) in [6.45, 7) is 2.79. The predicted octanol–water partition coefficient (Wildman–Crippen LogP) is 3.92. The molecule has 1 saturated carbocycles. The van der Waals surface area contributed by atoms with E-state index in [0.29, 0.717) is 11.6 Å². The monoisotopic (exact) mass is 281 g/mol. The minimum atomic E-state index is -0.479. The average Bonchev–Trinajstić information content (AvgIpc) is 2.47. The van der Waals surface area contributed by atoms with E-state index in [4.69, 9.17) is 17.3 Å². The van der Waals surface area contributed by atoms with E-state index in [1.165, 1.54) is 19.3 Å². The highest BCUT2D eigenvalue weighted by atomic mass is 35.5. The Morgan fingerprint density at radius 1 is 1.32 bits per heavy atom. The quantitative estimate of drug-likeness (QED) is 0.879. The molecule has 3 N–H and O–H groups in total. The first-order chi connectivity index (χ1) is 9.11. The van der Waals surface area contributed by atoms with Crippen molar-refractivity contribution in [2.24, 2.45) is 17.1 Å². The Morgan fingerprint density at radius 3 is 2.37 bits per heavy atom. The molecule has 0 bridgehead atoms. The van der Waals surface area contributed by atoms with Crippen molar-refractivity contribution in [2.75, 3.05) is 6.54 Å². The van der Waals surface area contributed by atoms with Gasteiger partial charge in [0, 0.05) is 17.0 Å². The van der Waals surface area contributed by atoms with E-state index in [9.17, 15) is 5.11 Å². The Labute approximate surface area is 121 Å². The number of halogens is 1. The van der Waals surface area contributed by atoms with Crippen LogP contribution in [0.5, 0.6) is 0 Å². The van der Waals surface area contributed by atoms with Crippen molar-refractivity contribution in [2.45, 2.75) is 45.1 Å². The van der Waals surface area contributed by atoms with Crippen LogP contribution in [0.4, 0.5) is 0 Å². The van der Waals surface area contributed by atoms with Gasteiger partial charge in [0.2, 0.25) is 0 Å².